The quantitative estimate of drug-likeness (QED) is 0.545. The molecular weight excluding hydrogens is 288 g/mol. The zero-order valence-electron chi connectivity index (χ0n) is 9.89. The van der Waals surface area contributed by atoms with Crippen LogP contribution in [-0.2, 0) is 11.3 Å². The van der Waals surface area contributed by atoms with Crippen molar-refractivity contribution >= 4 is 34.2 Å². The van der Waals surface area contributed by atoms with Crippen LogP contribution in [-0.4, -0.2) is 48.6 Å². The number of carboxylic acids is 1. The molecule has 0 aliphatic carbocycles. The number of carboxylic acid groups (broad SMARTS) is 1. The van der Waals surface area contributed by atoms with Gasteiger partial charge in [0.05, 0.1) is 11.9 Å². The number of hydrogen-bond acceptors (Lipinski definition) is 8. The number of aliphatic carboxylic acids is 1. The fraction of sp³-hybridized carbons (Fsp3) is 0.444. The summed E-state index contributed by atoms with van der Waals surface area (Å²) in [6.07, 6.45) is 4.34. The predicted octanol–water partition coefficient (Wildman–Crippen LogP) is 0.808. The molecule has 0 unspecified atom stereocenters. The minimum absolute atomic E-state index is 0.000925. The highest BCUT2D eigenvalue weighted by molar-refractivity contribution is 8.01. The van der Waals surface area contributed by atoms with Crippen molar-refractivity contribution in [1.82, 2.24) is 25.2 Å². The Morgan fingerprint density at radius 1 is 1.53 bits per heavy atom. The highest BCUT2D eigenvalue weighted by Gasteiger charge is 2.06. The zero-order valence-corrected chi connectivity index (χ0v) is 11.5. The molecule has 10 heteroatoms. The summed E-state index contributed by atoms with van der Waals surface area (Å²) in [5.41, 5.74) is 0. The third-order valence-corrected chi connectivity index (χ3v) is 4.04. The third kappa shape index (κ3) is 4.83. The van der Waals surface area contributed by atoms with Gasteiger partial charge in [0.15, 0.2) is 4.34 Å². The van der Waals surface area contributed by atoms with Gasteiger partial charge in [0.2, 0.25) is 5.13 Å². The van der Waals surface area contributed by atoms with Gasteiger partial charge < -0.3 is 10.4 Å². The first-order valence-electron chi connectivity index (χ1n) is 5.50. The Balaban J connectivity index is 1.67. The fourth-order valence-corrected chi connectivity index (χ4v) is 2.75. The molecule has 0 saturated heterocycles. The molecule has 0 bridgehead atoms. The van der Waals surface area contributed by atoms with E-state index in [0.717, 1.165) is 19.5 Å². The molecule has 2 aromatic rings. The lowest BCUT2D eigenvalue weighted by atomic mass is 10.4. The van der Waals surface area contributed by atoms with Crippen LogP contribution in [0.25, 0.3) is 0 Å². The zero-order chi connectivity index (χ0) is 13.5. The first-order chi connectivity index (χ1) is 9.24. The van der Waals surface area contributed by atoms with E-state index in [9.17, 15) is 4.79 Å². The van der Waals surface area contributed by atoms with Crippen molar-refractivity contribution in [3.63, 3.8) is 0 Å². The van der Waals surface area contributed by atoms with Gasteiger partial charge in [-0.05, 0) is 6.42 Å². The molecule has 0 saturated carbocycles. The highest BCUT2D eigenvalue weighted by atomic mass is 32.2. The Hall–Kier alpha value is -1.68. The van der Waals surface area contributed by atoms with Gasteiger partial charge in [0.25, 0.3) is 0 Å². The van der Waals surface area contributed by atoms with Crippen molar-refractivity contribution in [2.24, 2.45) is 0 Å². The van der Waals surface area contributed by atoms with Crippen LogP contribution in [0.2, 0.25) is 0 Å². The number of nitrogens with zero attached hydrogens (tertiary/aromatic N) is 5. The maximum atomic E-state index is 10.4. The summed E-state index contributed by atoms with van der Waals surface area (Å²) < 4.78 is 2.41. The van der Waals surface area contributed by atoms with Crippen LogP contribution in [0, 0.1) is 0 Å². The van der Waals surface area contributed by atoms with Crippen LogP contribution in [0.4, 0.5) is 5.13 Å². The van der Waals surface area contributed by atoms with Gasteiger partial charge in [-0.3, -0.25) is 9.48 Å². The van der Waals surface area contributed by atoms with E-state index in [1.807, 2.05) is 6.20 Å². The van der Waals surface area contributed by atoms with Gasteiger partial charge >= 0.3 is 5.97 Å². The van der Waals surface area contributed by atoms with Gasteiger partial charge in [-0.2, -0.15) is 0 Å². The maximum Gasteiger partial charge on any atom is 0.313 e. The predicted molar refractivity (Wildman–Crippen MR) is 71.4 cm³/mol. The Bertz CT molecular complexity index is 515. The largest absolute Gasteiger partial charge is 0.481 e. The lowest BCUT2D eigenvalue weighted by molar-refractivity contribution is -0.133. The first-order valence-corrected chi connectivity index (χ1v) is 7.30. The van der Waals surface area contributed by atoms with E-state index >= 15 is 0 Å². The number of aromatic nitrogens is 5. The molecule has 2 aromatic heterocycles. The smallest absolute Gasteiger partial charge is 0.313 e. The molecule has 19 heavy (non-hydrogen) atoms. The number of anilines is 1. The monoisotopic (exact) mass is 300 g/mol. The minimum Gasteiger partial charge on any atom is -0.481 e. The molecule has 0 aliphatic heterocycles. The van der Waals surface area contributed by atoms with Crippen LogP contribution >= 0.6 is 23.1 Å². The topological polar surface area (TPSA) is 106 Å². The standard InChI is InChI=1S/C9H12N6O2S2/c16-7(17)6-18-9-13-12-8(19-9)10-2-1-4-15-5-3-11-14-15/h3,5H,1-2,4,6H2,(H,10,12)(H,16,17). The van der Waals surface area contributed by atoms with E-state index in [-0.39, 0.29) is 5.75 Å². The van der Waals surface area contributed by atoms with Crippen molar-refractivity contribution in [2.45, 2.75) is 17.3 Å². The summed E-state index contributed by atoms with van der Waals surface area (Å²) >= 11 is 2.52. The average molecular weight is 300 g/mol. The van der Waals surface area contributed by atoms with Crippen LogP contribution in [0.1, 0.15) is 6.42 Å². The summed E-state index contributed by atoms with van der Waals surface area (Å²) in [6, 6.07) is 0. The van der Waals surface area contributed by atoms with Gasteiger partial charge in [-0.25, -0.2) is 0 Å². The molecule has 102 valence electrons. The molecule has 0 amide bonds. The Morgan fingerprint density at radius 3 is 3.16 bits per heavy atom. The lowest BCUT2D eigenvalue weighted by Gasteiger charge is -2.01. The first kappa shape index (κ1) is 13.7. The number of hydrogen-bond donors (Lipinski definition) is 2. The van der Waals surface area contributed by atoms with E-state index in [1.54, 1.807) is 10.9 Å². The van der Waals surface area contributed by atoms with Crippen molar-refractivity contribution < 1.29 is 9.90 Å². The molecule has 0 aromatic carbocycles. The molecule has 0 aliphatic rings. The summed E-state index contributed by atoms with van der Waals surface area (Å²) in [5, 5.41) is 27.8. The second kappa shape index (κ2) is 7.04. The molecule has 0 atom stereocenters. The molecule has 0 radical (unpaired) electrons. The molecule has 2 heterocycles. The fourth-order valence-electron chi connectivity index (χ4n) is 1.25. The van der Waals surface area contributed by atoms with Gasteiger partial charge in [0, 0.05) is 19.3 Å². The minimum atomic E-state index is -0.859. The van der Waals surface area contributed by atoms with Crippen molar-refractivity contribution in [3.8, 4) is 0 Å². The second-order valence-corrected chi connectivity index (χ2v) is 5.70. The lowest BCUT2D eigenvalue weighted by Crippen LogP contribution is -2.07. The number of nitrogens with one attached hydrogen (secondary N) is 1. The van der Waals surface area contributed by atoms with Gasteiger partial charge in [-0.1, -0.05) is 28.3 Å². The number of carbonyl (C=O) groups is 1. The summed E-state index contributed by atoms with van der Waals surface area (Å²) in [4.78, 5) is 10.4. The molecule has 2 N–H and O–H groups in total. The number of aryl methyl sites for hydroxylation is 1. The highest BCUT2D eigenvalue weighted by Crippen LogP contribution is 2.25. The second-order valence-electron chi connectivity index (χ2n) is 3.50. The third-order valence-electron chi connectivity index (χ3n) is 2.04. The number of thioether (sulfide) groups is 1. The van der Waals surface area contributed by atoms with Gasteiger partial charge in [-0.15, -0.1) is 15.3 Å². The van der Waals surface area contributed by atoms with Crippen LogP contribution in [0.5, 0.6) is 0 Å². The van der Waals surface area contributed by atoms with Gasteiger partial charge in [0.1, 0.15) is 0 Å². The van der Waals surface area contributed by atoms with Crippen molar-refractivity contribution in [2.75, 3.05) is 17.6 Å². The molecule has 8 nitrogen and oxygen atoms in total. The van der Waals surface area contributed by atoms with E-state index in [1.165, 1.54) is 23.1 Å². The molecule has 0 spiro atoms. The Kier molecular flexibility index (Phi) is 5.10. The van der Waals surface area contributed by atoms with Crippen molar-refractivity contribution in [3.05, 3.63) is 12.4 Å². The normalized spacial score (nSPS) is 10.5. The Morgan fingerprint density at radius 2 is 2.42 bits per heavy atom. The van der Waals surface area contributed by atoms with Crippen molar-refractivity contribution in [1.29, 1.82) is 0 Å². The Labute approximate surface area is 117 Å². The SMILES string of the molecule is O=C(O)CSc1nnc(NCCCn2ccnn2)s1. The van der Waals surface area contributed by atoms with E-state index in [0.29, 0.717) is 9.47 Å². The van der Waals surface area contributed by atoms with Crippen LogP contribution < -0.4 is 5.32 Å². The molecule has 0 fully saturated rings. The summed E-state index contributed by atoms with van der Waals surface area (Å²) in [5.74, 6) is -0.858. The van der Waals surface area contributed by atoms with E-state index in [4.69, 9.17) is 5.11 Å². The molecular formula is C9H12N6O2S2. The molecule has 2 rings (SSSR count). The van der Waals surface area contributed by atoms with E-state index < -0.39 is 5.97 Å². The average Bonchev–Trinajstić information content (AvgIpc) is 3.04. The van der Waals surface area contributed by atoms with E-state index in [2.05, 4.69) is 25.8 Å². The summed E-state index contributed by atoms with van der Waals surface area (Å²) in [6.45, 7) is 1.53. The van der Waals surface area contributed by atoms with Crippen LogP contribution in [0.15, 0.2) is 16.7 Å². The number of rotatable bonds is 8. The summed E-state index contributed by atoms with van der Waals surface area (Å²) in [7, 11) is 0. The van der Waals surface area contributed by atoms with Crippen LogP contribution in [0.3, 0.4) is 0 Å². The maximum absolute atomic E-state index is 10.4.